The van der Waals surface area contributed by atoms with Crippen LogP contribution >= 0.6 is 11.6 Å². The van der Waals surface area contributed by atoms with Gasteiger partial charge in [0.25, 0.3) is 0 Å². The van der Waals surface area contributed by atoms with Crippen LogP contribution in [0.4, 0.5) is 4.39 Å². The van der Waals surface area contributed by atoms with Crippen LogP contribution in [0.15, 0.2) is 42.5 Å². The topological polar surface area (TPSA) is 52.3 Å². The highest BCUT2D eigenvalue weighted by Gasteiger charge is 2.09. The van der Waals surface area contributed by atoms with E-state index in [0.29, 0.717) is 21.9 Å². The van der Waals surface area contributed by atoms with Crippen molar-refractivity contribution in [1.82, 2.24) is 0 Å². The summed E-state index contributed by atoms with van der Waals surface area (Å²) in [5.74, 6) is -0.588. The van der Waals surface area contributed by atoms with E-state index in [2.05, 4.69) is 0 Å². The fourth-order valence-corrected chi connectivity index (χ4v) is 1.79. The molecule has 0 saturated carbocycles. The van der Waals surface area contributed by atoms with Crippen LogP contribution < -0.4 is 10.5 Å². The van der Waals surface area contributed by atoms with Gasteiger partial charge in [-0.1, -0.05) is 23.7 Å². The van der Waals surface area contributed by atoms with E-state index in [1.165, 1.54) is 18.2 Å². The summed E-state index contributed by atoms with van der Waals surface area (Å²) in [6.07, 6.45) is 0. The first-order chi connectivity index (χ1) is 9.06. The van der Waals surface area contributed by atoms with Gasteiger partial charge in [0.05, 0.1) is 0 Å². The van der Waals surface area contributed by atoms with Crippen LogP contribution in [0, 0.1) is 5.82 Å². The zero-order valence-electron chi connectivity index (χ0n) is 9.90. The molecule has 98 valence electrons. The predicted molar refractivity (Wildman–Crippen MR) is 70.7 cm³/mol. The van der Waals surface area contributed by atoms with E-state index in [-0.39, 0.29) is 12.4 Å². The highest BCUT2D eigenvalue weighted by molar-refractivity contribution is 6.31. The summed E-state index contributed by atoms with van der Waals surface area (Å²) in [5, 5.41) is 0.420. The van der Waals surface area contributed by atoms with E-state index in [9.17, 15) is 9.18 Å². The summed E-state index contributed by atoms with van der Waals surface area (Å²) in [4.78, 5) is 11.3. The molecule has 0 aromatic heterocycles. The SMILES string of the molecule is NC(=O)c1cc(Cl)ccc1COc1cccc(F)c1. The van der Waals surface area contributed by atoms with E-state index in [1.54, 1.807) is 24.3 Å². The third-order valence-electron chi connectivity index (χ3n) is 2.53. The molecule has 2 N–H and O–H groups in total. The summed E-state index contributed by atoms with van der Waals surface area (Å²) < 4.78 is 18.4. The molecule has 2 aromatic carbocycles. The van der Waals surface area contributed by atoms with Crippen molar-refractivity contribution < 1.29 is 13.9 Å². The molecular formula is C14H11ClFNO2. The average molecular weight is 280 g/mol. The van der Waals surface area contributed by atoms with Crippen molar-refractivity contribution in [3.8, 4) is 5.75 Å². The molecule has 2 aromatic rings. The first-order valence-corrected chi connectivity index (χ1v) is 5.90. The number of ether oxygens (including phenoxy) is 1. The van der Waals surface area contributed by atoms with Gasteiger partial charge in [0.2, 0.25) is 5.91 Å². The third-order valence-corrected chi connectivity index (χ3v) is 2.76. The Morgan fingerprint density at radius 2 is 2.05 bits per heavy atom. The first-order valence-electron chi connectivity index (χ1n) is 5.53. The molecule has 5 heteroatoms. The molecule has 0 atom stereocenters. The first kappa shape index (κ1) is 13.4. The molecule has 0 unspecified atom stereocenters. The molecule has 0 aliphatic rings. The third kappa shape index (κ3) is 3.45. The van der Waals surface area contributed by atoms with Crippen LogP contribution in [-0.4, -0.2) is 5.91 Å². The van der Waals surface area contributed by atoms with Gasteiger partial charge in [0.1, 0.15) is 18.2 Å². The molecule has 0 aliphatic heterocycles. The van der Waals surface area contributed by atoms with Crippen molar-refractivity contribution in [3.05, 3.63) is 64.4 Å². The minimum atomic E-state index is -0.583. The van der Waals surface area contributed by atoms with Crippen LogP contribution in [0.5, 0.6) is 5.75 Å². The van der Waals surface area contributed by atoms with E-state index >= 15 is 0 Å². The van der Waals surface area contributed by atoms with Gasteiger partial charge in [-0.15, -0.1) is 0 Å². The summed E-state index contributed by atoms with van der Waals surface area (Å²) in [6, 6.07) is 10.5. The number of amides is 1. The Kier molecular flexibility index (Phi) is 4.02. The second kappa shape index (κ2) is 5.71. The standard InChI is InChI=1S/C14H11ClFNO2/c15-10-5-4-9(13(6-10)14(17)18)8-19-12-3-1-2-11(16)7-12/h1-7H,8H2,(H2,17,18). The van der Waals surface area contributed by atoms with Crippen LogP contribution in [0.3, 0.4) is 0 Å². The smallest absolute Gasteiger partial charge is 0.249 e. The van der Waals surface area contributed by atoms with Crippen LogP contribution in [0.2, 0.25) is 5.02 Å². The fraction of sp³-hybridized carbons (Fsp3) is 0.0714. The number of primary amides is 1. The Hall–Kier alpha value is -2.07. The van der Waals surface area contributed by atoms with Crippen LogP contribution in [-0.2, 0) is 6.61 Å². The highest BCUT2D eigenvalue weighted by Crippen LogP contribution is 2.19. The quantitative estimate of drug-likeness (QED) is 0.935. The highest BCUT2D eigenvalue weighted by atomic mass is 35.5. The van der Waals surface area contributed by atoms with Crippen LogP contribution in [0.1, 0.15) is 15.9 Å². The maximum Gasteiger partial charge on any atom is 0.249 e. The van der Waals surface area contributed by atoms with Gasteiger partial charge in [-0.05, 0) is 24.3 Å². The fourth-order valence-electron chi connectivity index (χ4n) is 1.62. The van der Waals surface area contributed by atoms with E-state index in [1.807, 2.05) is 0 Å². The van der Waals surface area contributed by atoms with Gasteiger partial charge in [0, 0.05) is 22.2 Å². The molecule has 3 nitrogen and oxygen atoms in total. The maximum absolute atomic E-state index is 13.0. The lowest BCUT2D eigenvalue weighted by Crippen LogP contribution is -2.14. The monoisotopic (exact) mass is 279 g/mol. The summed E-state index contributed by atoms with van der Waals surface area (Å²) >= 11 is 5.80. The predicted octanol–water partition coefficient (Wildman–Crippen LogP) is 3.16. The molecule has 19 heavy (non-hydrogen) atoms. The van der Waals surface area contributed by atoms with E-state index in [0.717, 1.165) is 0 Å². The maximum atomic E-state index is 13.0. The second-order valence-electron chi connectivity index (χ2n) is 3.91. The Morgan fingerprint density at radius 3 is 2.74 bits per heavy atom. The summed E-state index contributed by atoms with van der Waals surface area (Å²) in [5.41, 5.74) is 6.16. The molecule has 0 bridgehead atoms. The molecular weight excluding hydrogens is 269 g/mol. The largest absolute Gasteiger partial charge is 0.489 e. The summed E-state index contributed by atoms with van der Waals surface area (Å²) in [6.45, 7) is 0.110. The minimum Gasteiger partial charge on any atom is -0.489 e. The van der Waals surface area contributed by atoms with Crippen molar-refractivity contribution in [3.63, 3.8) is 0 Å². The lowest BCUT2D eigenvalue weighted by molar-refractivity contribution is 0.0998. The van der Waals surface area contributed by atoms with Crippen molar-refractivity contribution in [2.45, 2.75) is 6.61 Å². The molecule has 0 heterocycles. The number of nitrogens with two attached hydrogens (primary N) is 1. The zero-order valence-corrected chi connectivity index (χ0v) is 10.7. The van der Waals surface area contributed by atoms with Gasteiger partial charge >= 0.3 is 0 Å². The number of benzene rings is 2. The lowest BCUT2D eigenvalue weighted by Gasteiger charge is -2.09. The second-order valence-corrected chi connectivity index (χ2v) is 4.35. The van der Waals surface area contributed by atoms with Gasteiger partial charge in [0.15, 0.2) is 0 Å². The molecule has 0 aliphatic carbocycles. The molecule has 0 radical (unpaired) electrons. The van der Waals surface area contributed by atoms with Crippen molar-refractivity contribution in [2.75, 3.05) is 0 Å². The normalized spacial score (nSPS) is 10.2. The number of carbonyl (C=O) groups is 1. The summed E-state index contributed by atoms with van der Waals surface area (Å²) in [7, 11) is 0. The number of halogens is 2. The Balaban J connectivity index is 2.17. The Bertz CT molecular complexity index is 616. The molecule has 1 amide bonds. The van der Waals surface area contributed by atoms with Crippen LogP contribution in [0.25, 0.3) is 0 Å². The average Bonchev–Trinajstić information content (AvgIpc) is 2.37. The van der Waals surface area contributed by atoms with Crippen molar-refractivity contribution in [1.29, 1.82) is 0 Å². The number of hydrogen-bond acceptors (Lipinski definition) is 2. The van der Waals surface area contributed by atoms with E-state index in [4.69, 9.17) is 22.1 Å². The molecule has 0 fully saturated rings. The minimum absolute atomic E-state index is 0.110. The van der Waals surface area contributed by atoms with Gasteiger partial charge in [-0.25, -0.2) is 4.39 Å². The lowest BCUT2D eigenvalue weighted by atomic mass is 10.1. The van der Waals surface area contributed by atoms with E-state index < -0.39 is 5.91 Å². The Morgan fingerprint density at radius 1 is 1.26 bits per heavy atom. The number of hydrogen-bond donors (Lipinski definition) is 1. The number of rotatable bonds is 4. The van der Waals surface area contributed by atoms with Crippen molar-refractivity contribution in [2.24, 2.45) is 5.73 Å². The Labute approximate surface area is 114 Å². The molecule has 0 spiro atoms. The molecule has 2 rings (SSSR count). The molecule has 0 saturated heterocycles. The van der Waals surface area contributed by atoms with Gasteiger partial charge in [-0.3, -0.25) is 4.79 Å². The zero-order chi connectivity index (χ0) is 13.8. The number of carbonyl (C=O) groups excluding carboxylic acids is 1. The van der Waals surface area contributed by atoms with Crippen molar-refractivity contribution >= 4 is 17.5 Å². The van der Waals surface area contributed by atoms with Gasteiger partial charge < -0.3 is 10.5 Å². The van der Waals surface area contributed by atoms with Gasteiger partial charge in [-0.2, -0.15) is 0 Å².